The van der Waals surface area contributed by atoms with Crippen molar-refractivity contribution >= 4 is 33.9 Å². The van der Waals surface area contributed by atoms with Gasteiger partial charge >= 0.3 is 5.97 Å². The number of rotatable bonds is 7. The highest BCUT2D eigenvalue weighted by Crippen LogP contribution is 2.38. The van der Waals surface area contributed by atoms with Gasteiger partial charge in [-0.2, -0.15) is 0 Å². The summed E-state index contributed by atoms with van der Waals surface area (Å²) in [5.41, 5.74) is 0.836. The normalized spacial score (nSPS) is 14.6. The second kappa shape index (κ2) is 8.84. The lowest BCUT2D eigenvalue weighted by molar-refractivity contribution is -0.129. The van der Waals surface area contributed by atoms with Crippen LogP contribution >= 0.6 is 15.9 Å². The molecule has 5 nitrogen and oxygen atoms in total. The number of ether oxygens (including phenoxy) is 3. The molecule has 0 spiro atoms. The Morgan fingerprint density at radius 3 is 2.79 bits per heavy atom. The minimum atomic E-state index is -0.653. The Kier molecular flexibility index (Phi) is 6.26. The van der Waals surface area contributed by atoms with Crippen molar-refractivity contribution in [3.63, 3.8) is 0 Å². The van der Waals surface area contributed by atoms with Crippen LogP contribution in [0.25, 0.3) is 6.08 Å². The second-order valence-electron chi connectivity index (χ2n) is 5.68. The summed E-state index contributed by atoms with van der Waals surface area (Å²) >= 11 is 3.45. The van der Waals surface area contributed by atoms with Crippen molar-refractivity contribution in [2.75, 3.05) is 13.2 Å². The van der Waals surface area contributed by atoms with Crippen molar-refractivity contribution in [1.82, 2.24) is 0 Å². The Bertz CT molecular complexity index is 984. The third-order valence-corrected chi connectivity index (χ3v) is 4.29. The van der Waals surface area contributed by atoms with E-state index in [2.05, 4.69) is 27.5 Å². The van der Waals surface area contributed by atoms with Gasteiger partial charge < -0.3 is 14.2 Å². The molecule has 0 amide bonds. The number of nitrogens with zero attached hydrogens (tertiary/aromatic N) is 1. The molecule has 0 N–H and O–H groups in total. The van der Waals surface area contributed by atoms with Crippen LogP contribution in [0.5, 0.6) is 11.5 Å². The lowest BCUT2D eigenvalue weighted by Crippen LogP contribution is -2.07. The molecule has 0 aromatic heterocycles. The van der Waals surface area contributed by atoms with Gasteiger partial charge in [0.25, 0.3) is 0 Å². The minimum Gasteiger partial charge on any atom is -0.490 e. The predicted molar refractivity (Wildman–Crippen MR) is 108 cm³/mol. The second-order valence-corrected chi connectivity index (χ2v) is 6.53. The Labute approximate surface area is 170 Å². The molecule has 3 rings (SSSR count). The van der Waals surface area contributed by atoms with E-state index in [-0.39, 0.29) is 17.2 Å². The van der Waals surface area contributed by atoms with Crippen molar-refractivity contribution in [3.8, 4) is 11.5 Å². The summed E-state index contributed by atoms with van der Waals surface area (Å²) in [5, 5.41) is 0. The molecule has 0 fully saturated rings. The fourth-order valence-corrected chi connectivity index (χ4v) is 3.11. The van der Waals surface area contributed by atoms with E-state index in [9.17, 15) is 9.18 Å². The number of hydrogen-bond acceptors (Lipinski definition) is 5. The maximum absolute atomic E-state index is 13.9. The van der Waals surface area contributed by atoms with Crippen LogP contribution in [0, 0.1) is 5.82 Å². The minimum absolute atomic E-state index is 0.0624. The molecule has 0 aliphatic carbocycles. The molecule has 144 valence electrons. The largest absolute Gasteiger partial charge is 0.490 e. The Morgan fingerprint density at radius 1 is 1.29 bits per heavy atom. The number of esters is 1. The van der Waals surface area contributed by atoms with Crippen LogP contribution in [0.15, 0.2) is 64.2 Å². The highest BCUT2D eigenvalue weighted by Gasteiger charge is 2.26. The van der Waals surface area contributed by atoms with E-state index in [1.165, 1.54) is 12.1 Å². The van der Waals surface area contributed by atoms with Gasteiger partial charge in [-0.15, -0.1) is 0 Å². The molecule has 7 heteroatoms. The fraction of sp³-hybridized carbons (Fsp3) is 0.143. The molecule has 0 atom stereocenters. The van der Waals surface area contributed by atoms with Gasteiger partial charge in [0.1, 0.15) is 12.4 Å². The first-order chi connectivity index (χ1) is 13.5. The standard InChI is InChI=1S/C21H17BrFNO4/c1-3-9-27-19-15(22)10-13(12-18(19)26-4-2)11-17-21(25)28-20(24-17)14-7-5-6-8-16(14)23/h3,5-8,10-12H,1,4,9H2,2H3/b17-11-. The molecule has 0 saturated heterocycles. The molecular weight excluding hydrogens is 429 g/mol. The van der Waals surface area contributed by atoms with Gasteiger partial charge in [-0.3, -0.25) is 0 Å². The lowest BCUT2D eigenvalue weighted by Gasteiger charge is -2.13. The van der Waals surface area contributed by atoms with Crippen molar-refractivity contribution < 1.29 is 23.4 Å². The predicted octanol–water partition coefficient (Wildman–Crippen LogP) is 4.90. The van der Waals surface area contributed by atoms with Gasteiger partial charge in [-0.25, -0.2) is 14.2 Å². The van der Waals surface area contributed by atoms with Crippen molar-refractivity contribution in [2.24, 2.45) is 4.99 Å². The van der Waals surface area contributed by atoms with E-state index in [1.807, 2.05) is 6.92 Å². The number of carbonyl (C=O) groups excluding carboxylic acids is 1. The van der Waals surface area contributed by atoms with Crippen molar-refractivity contribution in [3.05, 3.63) is 76.2 Å². The third-order valence-electron chi connectivity index (χ3n) is 3.71. The molecule has 1 aliphatic heterocycles. The summed E-state index contributed by atoms with van der Waals surface area (Å²) in [4.78, 5) is 16.3. The molecule has 1 heterocycles. The summed E-state index contributed by atoms with van der Waals surface area (Å²) < 4.78 is 31.0. The number of aliphatic imine (C=N–C) groups is 1. The number of cyclic esters (lactones) is 1. The number of carbonyl (C=O) groups is 1. The monoisotopic (exact) mass is 445 g/mol. The van der Waals surface area contributed by atoms with Crippen LogP contribution in [0.2, 0.25) is 0 Å². The van der Waals surface area contributed by atoms with E-state index < -0.39 is 11.8 Å². The zero-order chi connectivity index (χ0) is 20.1. The lowest BCUT2D eigenvalue weighted by atomic mass is 10.1. The van der Waals surface area contributed by atoms with Gasteiger partial charge in [0.2, 0.25) is 5.90 Å². The van der Waals surface area contributed by atoms with Gasteiger partial charge in [-0.1, -0.05) is 24.8 Å². The zero-order valence-electron chi connectivity index (χ0n) is 15.1. The maximum Gasteiger partial charge on any atom is 0.363 e. The summed E-state index contributed by atoms with van der Waals surface area (Å²) in [5.74, 6) is -0.187. The molecule has 0 radical (unpaired) electrons. The maximum atomic E-state index is 13.9. The van der Waals surface area contributed by atoms with Gasteiger partial charge in [-0.05, 0) is 58.8 Å². The van der Waals surface area contributed by atoms with Crippen LogP contribution in [0.1, 0.15) is 18.1 Å². The Balaban J connectivity index is 1.97. The zero-order valence-corrected chi connectivity index (χ0v) is 16.7. The SMILES string of the molecule is C=CCOc1c(Br)cc(/C=C2\N=C(c3ccccc3F)OC2=O)cc1OCC. The smallest absolute Gasteiger partial charge is 0.363 e. The molecular formula is C21H17BrFNO4. The van der Waals surface area contributed by atoms with Crippen LogP contribution in [0.4, 0.5) is 4.39 Å². The molecule has 0 unspecified atom stereocenters. The molecule has 2 aromatic carbocycles. The van der Waals surface area contributed by atoms with Crippen molar-refractivity contribution in [2.45, 2.75) is 6.92 Å². The van der Waals surface area contributed by atoms with Crippen LogP contribution in [-0.2, 0) is 9.53 Å². The summed E-state index contributed by atoms with van der Waals surface area (Å²) in [6.45, 7) is 6.25. The van der Waals surface area contributed by atoms with Gasteiger partial charge in [0.05, 0.1) is 16.6 Å². The van der Waals surface area contributed by atoms with E-state index in [4.69, 9.17) is 14.2 Å². The first kappa shape index (κ1) is 19.8. The molecule has 0 bridgehead atoms. The van der Waals surface area contributed by atoms with Crippen molar-refractivity contribution in [1.29, 1.82) is 0 Å². The van der Waals surface area contributed by atoms with E-state index in [0.29, 0.717) is 34.7 Å². The Morgan fingerprint density at radius 2 is 2.07 bits per heavy atom. The average Bonchev–Trinajstić information content (AvgIpc) is 3.02. The number of hydrogen-bond donors (Lipinski definition) is 0. The molecule has 1 aliphatic rings. The molecule has 28 heavy (non-hydrogen) atoms. The summed E-state index contributed by atoms with van der Waals surface area (Å²) in [6, 6.07) is 9.46. The fourth-order valence-electron chi connectivity index (χ4n) is 2.53. The first-order valence-electron chi connectivity index (χ1n) is 8.51. The molecule has 0 saturated carbocycles. The highest BCUT2D eigenvalue weighted by atomic mass is 79.9. The Hall–Kier alpha value is -2.93. The van der Waals surface area contributed by atoms with Gasteiger partial charge in [0, 0.05) is 0 Å². The van der Waals surface area contributed by atoms with E-state index in [1.54, 1.807) is 36.4 Å². The third kappa shape index (κ3) is 4.31. The highest BCUT2D eigenvalue weighted by molar-refractivity contribution is 9.10. The number of benzene rings is 2. The number of halogens is 2. The summed E-state index contributed by atoms with van der Waals surface area (Å²) in [6.07, 6.45) is 3.17. The summed E-state index contributed by atoms with van der Waals surface area (Å²) in [7, 11) is 0. The van der Waals surface area contributed by atoms with Gasteiger partial charge in [0.15, 0.2) is 17.2 Å². The van der Waals surface area contributed by atoms with Crippen LogP contribution < -0.4 is 9.47 Å². The topological polar surface area (TPSA) is 57.1 Å². The molecule has 2 aromatic rings. The average molecular weight is 446 g/mol. The first-order valence-corrected chi connectivity index (χ1v) is 9.30. The van der Waals surface area contributed by atoms with E-state index in [0.717, 1.165) is 0 Å². The van der Waals surface area contributed by atoms with Crippen LogP contribution in [0.3, 0.4) is 0 Å². The van der Waals surface area contributed by atoms with Crippen LogP contribution in [-0.4, -0.2) is 25.1 Å². The van der Waals surface area contributed by atoms with E-state index >= 15 is 0 Å². The quantitative estimate of drug-likeness (QED) is 0.345.